The lowest BCUT2D eigenvalue weighted by atomic mass is 9.99. The molecule has 2 aliphatic rings. The molecule has 3 heterocycles. The number of aromatic nitrogens is 1. The lowest BCUT2D eigenvalue weighted by Gasteiger charge is -2.35. The van der Waals surface area contributed by atoms with Gasteiger partial charge in [0.05, 0.1) is 42.1 Å². The molecular formula is C36H37F4N5O3. The minimum Gasteiger partial charge on any atom is -0.379 e. The van der Waals surface area contributed by atoms with Gasteiger partial charge in [0.25, 0.3) is 5.91 Å². The minimum absolute atomic E-state index is 0.00809. The summed E-state index contributed by atoms with van der Waals surface area (Å²) in [5, 5.41) is 16.1. The van der Waals surface area contributed by atoms with Crippen molar-refractivity contribution in [3.05, 3.63) is 88.2 Å². The Morgan fingerprint density at radius 1 is 1.02 bits per heavy atom. The summed E-state index contributed by atoms with van der Waals surface area (Å²) in [5.74, 6) is -0.701. The van der Waals surface area contributed by atoms with E-state index in [9.17, 15) is 22.4 Å². The Labute approximate surface area is 276 Å². The van der Waals surface area contributed by atoms with E-state index >= 15 is 0 Å². The number of rotatable bonds is 12. The Morgan fingerprint density at radius 2 is 1.81 bits per heavy atom. The van der Waals surface area contributed by atoms with Crippen molar-refractivity contribution < 1.29 is 31.8 Å². The molecule has 3 N–H and O–H groups in total. The highest BCUT2D eigenvalue weighted by molar-refractivity contribution is 6.10. The molecule has 0 saturated carbocycles. The van der Waals surface area contributed by atoms with Crippen molar-refractivity contribution in [1.29, 1.82) is 5.26 Å². The number of piperidine rings is 1. The molecule has 0 unspecified atom stereocenters. The molecule has 6 rings (SSSR count). The lowest BCUT2D eigenvalue weighted by Crippen LogP contribution is -2.38. The van der Waals surface area contributed by atoms with Crippen LogP contribution in [0.25, 0.3) is 22.2 Å². The van der Waals surface area contributed by atoms with Crippen LogP contribution in [0.3, 0.4) is 0 Å². The molecular weight excluding hydrogens is 626 g/mol. The number of hydrogen-bond acceptors (Lipinski definition) is 6. The fraction of sp³-hybridized carbons (Fsp3) is 0.389. The van der Waals surface area contributed by atoms with E-state index in [2.05, 4.69) is 27.8 Å². The topological polar surface area (TPSA) is 102 Å². The largest absolute Gasteiger partial charge is 0.418 e. The molecule has 2 aliphatic heterocycles. The van der Waals surface area contributed by atoms with Crippen molar-refractivity contribution in [2.45, 2.75) is 44.5 Å². The van der Waals surface area contributed by atoms with Gasteiger partial charge in [-0.3, -0.25) is 4.79 Å². The number of carbonyl (C=O) groups is 1. The van der Waals surface area contributed by atoms with Gasteiger partial charge in [-0.2, -0.15) is 18.4 Å². The molecule has 0 atom stereocenters. The fourth-order valence-corrected chi connectivity index (χ4v) is 6.51. The molecule has 252 valence electrons. The molecule has 1 amide bonds. The number of nitrogens with one attached hydrogen (secondary N) is 3. The van der Waals surface area contributed by atoms with Gasteiger partial charge in [0.15, 0.2) is 0 Å². The summed E-state index contributed by atoms with van der Waals surface area (Å²) in [7, 11) is 0. The number of benzene rings is 3. The normalized spacial score (nSPS) is 15.4. The van der Waals surface area contributed by atoms with Gasteiger partial charge in [0.1, 0.15) is 5.82 Å². The van der Waals surface area contributed by atoms with E-state index in [0.717, 1.165) is 46.8 Å². The first-order valence-electron chi connectivity index (χ1n) is 16.2. The average molecular weight is 664 g/mol. The number of anilines is 1. The van der Waals surface area contributed by atoms with Crippen LogP contribution in [0.2, 0.25) is 0 Å². The Hall–Kier alpha value is -4.44. The number of hydrogen-bond donors (Lipinski definition) is 3. The molecule has 4 aromatic rings. The highest BCUT2D eigenvalue weighted by Crippen LogP contribution is 2.38. The molecule has 1 saturated heterocycles. The number of carbonyl (C=O) groups excluding carboxylic acids is 1. The summed E-state index contributed by atoms with van der Waals surface area (Å²) in [4.78, 5) is 17.5. The van der Waals surface area contributed by atoms with Crippen molar-refractivity contribution in [3.8, 4) is 17.3 Å². The first-order valence-corrected chi connectivity index (χ1v) is 16.2. The van der Waals surface area contributed by atoms with Crippen molar-refractivity contribution in [2.24, 2.45) is 0 Å². The number of ether oxygens (including phenoxy) is 2. The number of H-pyrrole nitrogens is 1. The van der Waals surface area contributed by atoms with Crippen molar-refractivity contribution in [3.63, 3.8) is 0 Å². The van der Waals surface area contributed by atoms with Gasteiger partial charge in [0.2, 0.25) is 0 Å². The number of aromatic amines is 1. The van der Waals surface area contributed by atoms with Crippen LogP contribution < -0.4 is 15.5 Å². The second-order valence-corrected chi connectivity index (χ2v) is 12.1. The predicted octanol–water partition coefficient (Wildman–Crippen LogP) is 6.33. The maximum absolute atomic E-state index is 14.2. The molecule has 0 aliphatic carbocycles. The van der Waals surface area contributed by atoms with Crippen LogP contribution in [0, 0.1) is 17.1 Å². The lowest BCUT2D eigenvalue weighted by molar-refractivity contribution is -0.137. The molecule has 48 heavy (non-hydrogen) atoms. The third-order valence-electron chi connectivity index (χ3n) is 8.88. The molecule has 1 aromatic heterocycles. The molecule has 3 aromatic carbocycles. The summed E-state index contributed by atoms with van der Waals surface area (Å²) in [6, 6.07) is 16.4. The van der Waals surface area contributed by atoms with Gasteiger partial charge >= 0.3 is 6.18 Å². The van der Waals surface area contributed by atoms with Crippen LogP contribution in [0.1, 0.15) is 51.9 Å². The highest BCUT2D eigenvalue weighted by atomic mass is 19.4. The van der Waals surface area contributed by atoms with Gasteiger partial charge in [0, 0.05) is 55.1 Å². The standard InChI is InChI=1S/C36H37F4N5O3/c37-26-19-29-33-28(8-12-43-35(29)46)34(44-31(33)20-26)25-5-2-23(3-6-25)22-42-11-1-15-47-16-17-48-27-9-13-45(14-10-27)32-7-4-24(21-41)18-30(32)36(38,39)40/h2-7,18-20,27,42,44H,1,8-17,22H2,(H,43,46). The van der Waals surface area contributed by atoms with Gasteiger partial charge in [-0.15, -0.1) is 0 Å². The van der Waals surface area contributed by atoms with Gasteiger partial charge in [-0.05, 0) is 79.3 Å². The van der Waals surface area contributed by atoms with Crippen LogP contribution in [0.4, 0.5) is 23.2 Å². The number of amides is 1. The third-order valence-corrected chi connectivity index (χ3v) is 8.88. The molecule has 1 fully saturated rings. The maximum Gasteiger partial charge on any atom is 0.418 e. The zero-order chi connectivity index (χ0) is 33.7. The maximum atomic E-state index is 14.2. The zero-order valence-electron chi connectivity index (χ0n) is 26.4. The average Bonchev–Trinajstić information content (AvgIpc) is 3.35. The first-order chi connectivity index (χ1) is 23.2. The van der Waals surface area contributed by atoms with Gasteiger partial charge in [-0.25, -0.2) is 4.39 Å². The van der Waals surface area contributed by atoms with Crippen LogP contribution in [0.5, 0.6) is 0 Å². The van der Waals surface area contributed by atoms with Crippen LogP contribution >= 0.6 is 0 Å². The molecule has 0 spiro atoms. The van der Waals surface area contributed by atoms with E-state index in [-0.39, 0.29) is 23.3 Å². The highest BCUT2D eigenvalue weighted by Gasteiger charge is 2.36. The summed E-state index contributed by atoms with van der Waals surface area (Å²) in [5.41, 5.74) is 4.33. The number of halogens is 4. The van der Waals surface area contributed by atoms with Gasteiger partial charge in [-0.1, -0.05) is 24.3 Å². The van der Waals surface area contributed by atoms with Gasteiger partial charge < -0.3 is 30.0 Å². The Morgan fingerprint density at radius 3 is 2.56 bits per heavy atom. The zero-order valence-corrected chi connectivity index (χ0v) is 26.4. The molecule has 0 bridgehead atoms. The third kappa shape index (κ3) is 7.65. The van der Waals surface area contributed by atoms with Crippen LogP contribution in [-0.4, -0.2) is 63.0 Å². The van der Waals surface area contributed by atoms with E-state index in [1.54, 1.807) is 11.0 Å². The van der Waals surface area contributed by atoms with Crippen LogP contribution in [-0.2, 0) is 28.6 Å². The van der Waals surface area contributed by atoms with E-state index in [4.69, 9.17) is 14.7 Å². The molecule has 12 heteroatoms. The number of nitriles is 1. The molecule has 8 nitrogen and oxygen atoms in total. The summed E-state index contributed by atoms with van der Waals surface area (Å²) in [6.45, 7) is 4.31. The predicted molar refractivity (Wildman–Crippen MR) is 174 cm³/mol. The van der Waals surface area contributed by atoms with Crippen molar-refractivity contribution in [1.82, 2.24) is 15.6 Å². The Balaban J connectivity index is 0.875. The van der Waals surface area contributed by atoms with E-state index < -0.39 is 17.6 Å². The second kappa shape index (κ2) is 14.8. The van der Waals surface area contributed by atoms with E-state index in [1.165, 1.54) is 24.3 Å². The second-order valence-electron chi connectivity index (χ2n) is 12.1. The summed E-state index contributed by atoms with van der Waals surface area (Å²) >= 11 is 0. The SMILES string of the molecule is N#Cc1ccc(N2CCC(OCCOCCCNCc3ccc(-c4[nH]c5cc(F)cc6c5c4CCNC6=O)cc3)CC2)c(C(F)(F)F)c1. The summed E-state index contributed by atoms with van der Waals surface area (Å²) < 4.78 is 66.5. The van der Waals surface area contributed by atoms with Crippen molar-refractivity contribution >= 4 is 22.5 Å². The van der Waals surface area contributed by atoms with E-state index in [1.807, 2.05) is 12.1 Å². The minimum atomic E-state index is -4.53. The molecule has 0 radical (unpaired) electrons. The van der Waals surface area contributed by atoms with E-state index in [0.29, 0.717) is 76.3 Å². The first kappa shape index (κ1) is 33.5. The monoisotopic (exact) mass is 663 g/mol. The Bertz CT molecular complexity index is 1790. The number of nitrogens with zero attached hydrogens (tertiary/aromatic N) is 2. The quantitative estimate of drug-likeness (QED) is 0.121. The Kier molecular flexibility index (Phi) is 10.3. The number of alkyl halides is 3. The fourth-order valence-electron chi connectivity index (χ4n) is 6.51. The van der Waals surface area contributed by atoms with Crippen molar-refractivity contribution in [2.75, 3.05) is 50.9 Å². The van der Waals surface area contributed by atoms with Crippen LogP contribution in [0.15, 0.2) is 54.6 Å². The summed E-state index contributed by atoms with van der Waals surface area (Å²) in [6.07, 6.45) is -1.84. The smallest absolute Gasteiger partial charge is 0.379 e.